The lowest BCUT2D eigenvalue weighted by atomic mass is 10.1. The maximum atomic E-state index is 11.0. The Hall–Kier alpha value is -1.20. The first-order valence-electron chi connectivity index (χ1n) is 7.25. The van der Waals surface area contributed by atoms with E-state index in [-0.39, 0.29) is 5.91 Å². The van der Waals surface area contributed by atoms with Gasteiger partial charge in [0.05, 0.1) is 5.75 Å². The molecule has 1 aromatic carbocycles. The lowest BCUT2D eigenvalue weighted by Gasteiger charge is -2.23. The Labute approximate surface area is 124 Å². The fourth-order valence-corrected chi connectivity index (χ4v) is 4.07. The van der Waals surface area contributed by atoms with Crippen LogP contribution in [0.15, 0.2) is 29.2 Å². The number of primary amides is 1. The number of nitrogens with one attached hydrogen (secondary N) is 1. The summed E-state index contributed by atoms with van der Waals surface area (Å²) in [6.07, 6.45) is 3.83. The van der Waals surface area contributed by atoms with Gasteiger partial charge in [-0.1, -0.05) is 12.1 Å². The minimum atomic E-state index is -0.271. The minimum Gasteiger partial charge on any atom is -0.380 e. The van der Waals surface area contributed by atoms with Crippen molar-refractivity contribution in [2.24, 2.45) is 5.73 Å². The van der Waals surface area contributed by atoms with Crippen LogP contribution in [0.4, 0.5) is 5.69 Å². The van der Waals surface area contributed by atoms with Crippen LogP contribution in [0.25, 0.3) is 0 Å². The van der Waals surface area contributed by atoms with Gasteiger partial charge in [0, 0.05) is 29.2 Å². The van der Waals surface area contributed by atoms with Crippen LogP contribution in [0.3, 0.4) is 0 Å². The highest BCUT2D eigenvalue weighted by Crippen LogP contribution is 2.33. The van der Waals surface area contributed by atoms with E-state index in [0.717, 1.165) is 10.6 Å². The summed E-state index contributed by atoms with van der Waals surface area (Å²) in [6.45, 7) is 2.46. The third-order valence-corrected chi connectivity index (χ3v) is 5.30. The highest BCUT2D eigenvalue weighted by molar-refractivity contribution is 8.00. The zero-order valence-electron chi connectivity index (χ0n) is 11.5. The molecule has 0 radical (unpaired) electrons. The zero-order valence-corrected chi connectivity index (χ0v) is 12.4. The quantitative estimate of drug-likeness (QED) is 0.814. The number of nitrogens with two attached hydrogens (primary N) is 1. The molecular formula is C15H21N3OS. The molecule has 0 saturated carbocycles. The molecule has 2 heterocycles. The van der Waals surface area contributed by atoms with Crippen LogP contribution >= 0.6 is 11.8 Å². The molecule has 2 saturated heterocycles. The van der Waals surface area contributed by atoms with Crippen molar-refractivity contribution in [3.8, 4) is 0 Å². The van der Waals surface area contributed by atoms with Crippen LogP contribution in [-0.2, 0) is 4.79 Å². The Bertz CT molecular complexity index is 494. The molecule has 2 fully saturated rings. The summed E-state index contributed by atoms with van der Waals surface area (Å²) >= 11 is 1.51. The summed E-state index contributed by atoms with van der Waals surface area (Å²) in [7, 11) is 0. The molecule has 0 bridgehead atoms. The standard InChI is InChI=1S/C15H21N3OS/c16-15(19)10-20-14-6-2-1-4-12(14)17-11-7-9-18-8-3-5-13(11)18/h1-2,4,6,11,13,17H,3,5,7-10H2,(H2,16,19). The van der Waals surface area contributed by atoms with Crippen LogP contribution in [0.2, 0.25) is 0 Å². The normalized spacial score (nSPS) is 25.6. The van der Waals surface area contributed by atoms with Gasteiger partial charge in [0.2, 0.25) is 5.91 Å². The molecule has 4 nitrogen and oxygen atoms in total. The number of hydrogen-bond donors (Lipinski definition) is 2. The number of anilines is 1. The van der Waals surface area contributed by atoms with Crippen molar-refractivity contribution in [1.82, 2.24) is 4.90 Å². The molecule has 2 atom stereocenters. The van der Waals surface area contributed by atoms with Crippen LogP contribution < -0.4 is 11.1 Å². The summed E-state index contributed by atoms with van der Waals surface area (Å²) in [5, 5.41) is 3.69. The van der Waals surface area contributed by atoms with Gasteiger partial charge in [0.15, 0.2) is 0 Å². The smallest absolute Gasteiger partial charge is 0.227 e. The number of fused-ring (bicyclic) bond motifs is 1. The SMILES string of the molecule is NC(=O)CSc1ccccc1NC1CCN2CCCC12. The number of para-hydroxylation sites is 1. The fraction of sp³-hybridized carbons (Fsp3) is 0.533. The zero-order chi connectivity index (χ0) is 13.9. The third kappa shape index (κ3) is 2.94. The van der Waals surface area contributed by atoms with Crippen molar-refractivity contribution in [2.75, 3.05) is 24.2 Å². The van der Waals surface area contributed by atoms with Gasteiger partial charge in [0.1, 0.15) is 0 Å². The van der Waals surface area contributed by atoms with Crippen LogP contribution in [0, 0.1) is 0 Å². The molecule has 2 aliphatic heterocycles. The molecule has 1 amide bonds. The van der Waals surface area contributed by atoms with Crippen molar-refractivity contribution in [3.63, 3.8) is 0 Å². The lowest BCUT2D eigenvalue weighted by Crippen LogP contribution is -2.33. The van der Waals surface area contributed by atoms with Crippen molar-refractivity contribution >= 4 is 23.4 Å². The Kier molecular flexibility index (Phi) is 4.17. The number of carbonyl (C=O) groups is 1. The van der Waals surface area contributed by atoms with Crippen molar-refractivity contribution < 1.29 is 4.79 Å². The monoisotopic (exact) mass is 291 g/mol. The first-order chi connectivity index (χ1) is 9.74. The van der Waals surface area contributed by atoms with E-state index in [1.807, 2.05) is 12.1 Å². The number of nitrogens with zero attached hydrogens (tertiary/aromatic N) is 1. The second-order valence-electron chi connectivity index (χ2n) is 5.54. The molecule has 108 valence electrons. The van der Waals surface area contributed by atoms with Gasteiger partial charge in [-0.3, -0.25) is 9.69 Å². The molecular weight excluding hydrogens is 270 g/mol. The summed E-state index contributed by atoms with van der Waals surface area (Å²) < 4.78 is 0. The summed E-state index contributed by atoms with van der Waals surface area (Å²) in [4.78, 5) is 14.7. The molecule has 2 unspecified atom stereocenters. The van der Waals surface area contributed by atoms with Gasteiger partial charge in [-0.05, 0) is 37.9 Å². The number of amides is 1. The second-order valence-corrected chi connectivity index (χ2v) is 6.55. The highest BCUT2D eigenvalue weighted by Gasteiger charge is 2.37. The first-order valence-corrected chi connectivity index (χ1v) is 8.23. The van der Waals surface area contributed by atoms with Crippen molar-refractivity contribution in [3.05, 3.63) is 24.3 Å². The van der Waals surface area contributed by atoms with Crippen LogP contribution in [-0.4, -0.2) is 41.7 Å². The highest BCUT2D eigenvalue weighted by atomic mass is 32.2. The van der Waals surface area contributed by atoms with Crippen molar-refractivity contribution in [1.29, 1.82) is 0 Å². The number of carbonyl (C=O) groups excluding carboxylic acids is 1. The van der Waals surface area contributed by atoms with Gasteiger partial charge in [-0.25, -0.2) is 0 Å². The fourth-order valence-electron chi connectivity index (χ4n) is 3.31. The lowest BCUT2D eigenvalue weighted by molar-refractivity contribution is -0.115. The Balaban J connectivity index is 1.69. The first kappa shape index (κ1) is 13.8. The van der Waals surface area contributed by atoms with E-state index in [1.165, 1.54) is 44.1 Å². The van der Waals surface area contributed by atoms with Gasteiger partial charge in [-0.2, -0.15) is 0 Å². The molecule has 20 heavy (non-hydrogen) atoms. The Morgan fingerprint density at radius 2 is 2.20 bits per heavy atom. The van der Waals surface area contributed by atoms with E-state index in [1.54, 1.807) is 0 Å². The Morgan fingerprint density at radius 1 is 1.35 bits per heavy atom. The van der Waals surface area contributed by atoms with Crippen LogP contribution in [0.1, 0.15) is 19.3 Å². The summed E-state index contributed by atoms with van der Waals surface area (Å²) in [6, 6.07) is 9.42. The predicted octanol–water partition coefficient (Wildman–Crippen LogP) is 1.91. The Morgan fingerprint density at radius 3 is 3.05 bits per heavy atom. The largest absolute Gasteiger partial charge is 0.380 e. The van der Waals surface area contributed by atoms with E-state index < -0.39 is 0 Å². The maximum Gasteiger partial charge on any atom is 0.227 e. The van der Waals surface area contributed by atoms with Gasteiger partial charge in [-0.15, -0.1) is 11.8 Å². The van der Waals surface area contributed by atoms with E-state index in [2.05, 4.69) is 22.3 Å². The average Bonchev–Trinajstić information content (AvgIpc) is 3.02. The molecule has 0 aliphatic carbocycles. The second kappa shape index (κ2) is 6.06. The van der Waals surface area contributed by atoms with E-state index >= 15 is 0 Å². The third-order valence-electron chi connectivity index (χ3n) is 4.20. The van der Waals surface area contributed by atoms with Gasteiger partial charge >= 0.3 is 0 Å². The molecule has 0 aromatic heterocycles. The van der Waals surface area contributed by atoms with E-state index in [4.69, 9.17) is 5.73 Å². The number of thioether (sulfide) groups is 1. The number of rotatable bonds is 5. The summed E-state index contributed by atoms with van der Waals surface area (Å²) in [5.74, 6) is 0.0615. The van der Waals surface area contributed by atoms with Gasteiger partial charge < -0.3 is 11.1 Å². The average molecular weight is 291 g/mol. The molecule has 1 aromatic rings. The maximum absolute atomic E-state index is 11.0. The van der Waals surface area contributed by atoms with E-state index in [0.29, 0.717) is 17.8 Å². The van der Waals surface area contributed by atoms with E-state index in [9.17, 15) is 4.79 Å². The molecule has 3 rings (SSSR count). The number of hydrogen-bond acceptors (Lipinski definition) is 4. The molecule has 5 heteroatoms. The topological polar surface area (TPSA) is 58.4 Å². The summed E-state index contributed by atoms with van der Waals surface area (Å²) in [5.41, 5.74) is 6.37. The molecule has 0 spiro atoms. The predicted molar refractivity (Wildman–Crippen MR) is 83.0 cm³/mol. The number of benzene rings is 1. The van der Waals surface area contributed by atoms with Crippen LogP contribution in [0.5, 0.6) is 0 Å². The van der Waals surface area contributed by atoms with Crippen molar-refractivity contribution in [2.45, 2.75) is 36.2 Å². The molecule has 3 N–H and O–H groups in total. The molecule has 2 aliphatic rings. The van der Waals surface area contributed by atoms with Gasteiger partial charge in [0.25, 0.3) is 0 Å². The minimum absolute atomic E-state index is 0.271.